The highest BCUT2D eigenvalue weighted by molar-refractivity contribution is 9.10. The molecule has 1 aromatic rings. The average molecular weight is 360 g/mol. The van der Waals surface area contributed by atoms with Crippen LogP contribution in [0.4, 0.5) is 16.2 Å². The van der Waals surface area contributed by atoms with Crippen LogP contribution in [0.3, 0.4) is 0 Å². The second-order valence-corrected chi connectivity index (χ2v) is 5.21. The lowest BCUT2D eigenvalue weighted by atomic mass is 10.2. The Hall–Kier alpha value is -2.16. The van der Waals surface area contributed by atoms with Crippen molar-refractivity contribution in [3.05, 3.63) is 32.8 Å². The van der Waals surface area contributed by atoms with Crippen LogP contribution in [0.15, 0.2) is 22.7 Å². The molecule has 0 aliphatic heterocycles. The molecule has 0 radical (unpaired) electrons. The van der Waals surface area contributed by atoms with E-state index in [2.05, 4.69) is 26.6 Å². The van der Waals surface area contributed by atoms with E-state index in [0.717, 1.165) is 0 Å². The molecule has 0 bridgehead atoms. The molecule has 114 valence electrons. The third-order valence-electron chi connectivity index (χ3n) is 2.58. The molecule has 2 amide bonds. The van der Waals surface area contributed by atoms with E-state index in [1.165, 1.54) is 18.2 Å². The molecule has 0 fully saturated rings. The number of amides is 2. The number of nitro groups is 1. The van der Waals surface area contributed by atoms with Crippen molar-refractivity contribution >= 4 is 39.3 Å². The number of carbonyl (C=O) groups excluding carboxylic acids is 1. The molecule has 0 aliphatic carbocycles. The largest absolute Gasteiger partial charge is 0.481 e. The molecule has 0 aliphatic rings. The van der Waals surface area contributed by atoms with Crippen molar-refractivity contribution in [1.82, 2.24) is 5.32 Å². The van der Waals surface area contributed by atoms with E-state index in [1.807, 2.05) is 0 Å². The zero-order chi connectivity index (χ0) is 16.0. The van der Waals surface area contributed by atoms with Crippen molar-refractivity contribution in [3.63, 3.8) is 0 Å². The predicted octanol–water partition coefficient (Wildman–Crippen LogP) is 2.73. The number of hydrogen-bond acceptors (Lipinski definition) is 4. The third kappa shape index (κ3) is 5.78. The number of hydrogen-bond donors (Lipinski definition) is 3. The first-order valence-electron chi connectivity index (χ1n) is 6.03. The molecule has 1 aromatic carbocycles. The van der Waals surface area contributed by atoms with Crippen LogP contribution in [0, 0.1) is 10.1 Å². The quantitative estimate of drug-likeness (QED) is 0.532. The molecule has 1 atom stereocenters. The highest BCUT2D eigenvalue weighted by atomic mass is 79.9. The molecule has 21 heavy (non-hydrogen) atoms. The van der Waals surface area contributed by atoms with Gasteiger partial charge in [0.1, 0.15) is 0 Å². The highest BCUT2D eigenvalue weighted by Gasteiger charge is 2.13. The zero-order valence-electron chi connectivity index (χ0n) is 11.1. The Morgan fingerprint density at radius 3 is 2.67 bits per heavy atom. The van der Waals surface area contributed by atoms with E-state index >= 15 is 0 Å². The Bertz CT molecular complexity index is 564. The monoisotopic (exact) mass is 359 g/mol. The Balaban J connectivity index is 2.58. The van der Waals surface area contributed by atoms with Gasteiger partial charge in [-0.05, 0) is 35.3 Å². The van der Waals surface area contributed by atoms with Gasteiger partial charge < -0.3 is 15.7 Å². The van der Waals surface area contributed by atoms with Crippen molar-refractivity contribution in [2.75, 3.05) is 5.32 Å². The topological polar surface area (TPSA) is 122 Å². The first kappa shape index (κ1) is 16.9. The van der Waals surface area contributed by atoms with E-state index in [9.17, 15) is 19.7 Å². The summed E-state index contributed by atoms with van der Waals surface area (Å²) in [6, 6.07) is 3.14. The summed E-state index contributed by atoms with van der Waals surface area (Å²) < 4.78 is 0.380. The molecular formula is C12H14BrN3O5. The number of carboxylic acids is 1. The van der Waals surface area contributed by atoms with E-state index in [0.29, 0.717) is 16.6 Å². The SMILES string of the molecule is CC(CCC(=O)O)NC(=O)Nc1ccc([N+](=O)[O-])cc1Br. The average Bonchev–Trinajstić information content (AvgIpc) is 2.38. The van der Waals surface area contributed by atoms with Crippen LogP contribution in [0.25, 0.3) is 0 Å². The van der Waals surface area contributed by atoms with Crippen molar-refractivity contribution in [1.29, 1.82) is 0 Å². The molecule has 0 saturated carbocycles. The van der Waals surface area contributed by atoms with E-state index in [4.69, 9.17) is 5.11 Å². The number of carboxylic acid groups (broad SMARTS) is 1. The molecule has 1 unspecified atom stereocenters. The van der Waals surface area contributed by atoms with Crippen molar-refractivity contribution < 1.29 is 19.6 Å². The molecule has 0 heterocycles. The fraction of sp³-hybridized carbons (Fsp3) is 0.333. The van der Waals surface area contributed by atoms with Crippen LogP contribution in [0.2, 0.25) is 0 Å². The number of aliphatic carboxylic acids is 1. The van der Waals surface area contributed by atoms with Gasteiger partial charge >= 0.3 is 12.0 Å². The van der Waals surface area contributed by atoms with E-state index in [-0.39, 0.29) is 18.2 Å². The first-order chi connectivity index (χ1) is 9.79. The number of non-ortho nitro benzene ring substituents is 1. The summed E-state index contributed by atoms with van der Waals surface area (Å²) in [7, 11) is 0. The number of nitrogens with one attached hydrogen (secondary N) is 2. The van der Waals surface area contributed by atoms with Crippen LogP contribution in [-0.2, 0) is 4.79 Å². The lowest BCUT2D eigenvalue weighted by Gasteiger charge is -2.14. The van der Waals surface area contributed by atoms with Crippen LogP contribution in [0.5, 0.6) is 0 Å². The van der Waals surface area contributed by atoms with Crippen molar-refractivity contribution in [2.45, 2.75) is 25.8 Å². The second-order valence-electron chi connectivity index (χ2n) is 4.35. The molecule has 3 N–H and O–H groups in total. The Morgan fingerprint density at radius 2 is 2.14 bits per heavy atom. The van der Waals surface area contributed by atoms with Gasteiger partial charge in [-0.2, -0.15) is 0 Å². The summed E-state index contributed by atoms with van der Waals surface area (Å²) in [5, 5.41) is 24.3. The smallest absolute Gasteiger partial charge is 0.319 e. The lowest BCUT2D eigenvalue weighted by molar-refractivity contribution is -0.384. The van der Waals surface area contributed by atoms with E-state index in [1.54, 1.807) is 6.92 Å². The normalized spacial score (nSPS) is 11.5. The molecule has 0 spiro atoms. The van der Waals surface area contributed by atoms with Gasteiger partial charge in [-0.3, -0.25) is 14.9 Å². The zero-order valence-corrected chi connectivity index (χ0v) is 12.7. The minimum atomic E-state index is -0.929. The van der Waals surface area contributed by atoms with Crippen LogP contribution in [0.1, 0.15) is 19.8 Å². The lowest BCUT2D eigenvalue weighted by Crippen LogP contribution is -2.36. The van der Waals surface area contributed by atoms with E-state index < -0.39 is 16.9 Å². The molecule has 1 rings (SSSR count). The number of benzene rings is 1. The molecule has 0 aromatic heterocycles. The van der Waals surface area contributed by atoms with Gasteiger partial charge in [-0.1, -0.05) is 0 Å². The van der Waals surface area contributed by atoms with Crippen molar-refractivity contribution in [2.24, 2.45) is 0 Å². The number of anilines is 1. The molecule has 8 nitrogen and oxygen atoms in total. The fourth-order valence-electron chi connectivity index (χ4n) is 1.51. The number of rotatable bonds is 6. The standard InChI is InChI=1S/C12H14BrN3O5/c1-7(2-5-11(17)18)14-12(19)15-10-4-3-8(16(20)21)6-9(10)13/h3-4,6-7H,2,5H2,1H3,(H,17,18)(H2,14,15,19). The van der Waals surface area contributed by atoms with Gasteiger partial charge in [0, 0.05) is 29.1 Å². The Morgan fingerprint density at radius 1 is 1.48 bits per heavy atom. The van der Waals surface area contributed by atoms with Crippen LogP contribution < -0.4 is 10.6 Å². The minimum absolute atomic E-state index is 0.0390. The van der Waals surface area contributed by atoms with Crippen LogP contribution >= 0.6 is 15.9 Å². The Labute approximate surface area is 128 Å². The highest BCUT2D eigenvalue weighted by Crippen LogP contribution is 2.26. The second kappa shape index (κ2) is 7.58. The van der Waals surface area contributed by atoms with Gasteiger partial charge in [0.2, 0.25) is 0 Å². The summed E-state index contributed by atoms with van der Waals surface area (Å²) in [6.45, 7) is 1.69. The first-order valence-corrected chi connectivity index (χ1v) is 6.82. The number of carbonyl (C=O) groups is 2. The maximum atomic E-state index is 11.7. The number of halogens is 1. The summed E-state index contributed by atoms with van der Waals surface area (Å²) >= 11 is 3.14. The van der Waals surface area contributed by atoms with Gasteiger partial charge in [0.05, 0.1) is 10.6 Å². The summed E-state index contributed by atoms with van der Waals surface area (Å²) in [6.07, 6.45) is 0.271. The number of urea groups is 1. The number of nitro benzene ring substituents is 1. The maximum Gasteiger partial charge on any atom is 0.319 e. The molecule has 9 heteroatoms. The van der Waals surface area contributed by atoms with Gasteiger partial charge in [-0.25, -0.2) is 4.79 Å². The van der Waals surface area contributed by atoms with Gasteiger partial charge in [-0.15, -0.1) is 0 Å². The number of nitrogens with zero attached hydrogens (tertiary/aromatic N) is 1. The maximum absolute atomic E-state index is 11.7. The Kier molecular flexibility index (Phi) is 6.10. The summed E-state index contributed by atoms with van der Waals surface area (Å²) in [5.41, 5.74) is 0.284. The fourth-order valence-corrected chi connectivity index (χ4v) is 1.98. The molecular weight excluding hydrogens is 346 g/mol. The molecule has 0 saturated heterocycles. The van der Waals surface area contributed by atoms with Gasteiger partial charge in [0.15, 0.2) is 0 Å². The third-order valence-corrected chi connectivity index (χ3v) is 3.24. The van der Waals surface area contributed by atoms with Crippen LogP contribution in [-0.4, -0.2) is 28.1 Å². The minimum Gasteiger partial charge on any atom is -0.481 e. The van der Waals surface area contributed by atoms with Gasteiger partial charge in [0.25, 0.3) is 5.69 Å². The summed E-state index contributed by atoms with van der Waals surface area (Å²) in [5.74, 6) is -0.929. The predicted molar refractivity (Wildman–Crippen MR) is 79.3 cm³/mol. The van der Waals surface area contributed by atoms with Crippen molar-refractivity contribution in [3.8, 4) is 0 Å². The summed E-state index contributed by atoms with van der Waals surface area (Å²) in [4.78, 5) is 32.2.